The molecule has 0 saturated heterocycles. The Hall–Kier alpha value is -8.53. The summed E-state index contributed by atoms with van der Waals surface area (Å²) in [7, 11) is 0. The molecule has 0 unspecified atom stereocenters. The fraction of sp³-hybridized carbons (Fsp3) is 0. The molecule has 0 bridgehead atoms. The first-order valence-corrected chi connectivity index (χ1v) is 26.1. The highest BCUT2D eigenvalue weighted by molar-refractivity contribution is 7.27. The lowest BCUT2D eigenvalue weighted by Gasteiger charge is -2.10. The van der Waals surface area contributed by atoms with E-state index in [-0.39, 0.29) is 0 Å². The lowest BCUT2D eigenvalue weighted by Crippen LogP contribution is -2.00. The van der Waals surface area contributed by atoms with Crippen LogP contribution in [0.25, 0.3) is 155 Å². The van der Waals surface area contributed by atoms with Crippen LogP contribution >= 0.6 is 34.0 Å². The SMILES string of the molecule is c1cc(-c2nc(-c3ccc4c(c3)sc3ccccc34)nc(-c3ccc4c(c3)sc3ccccc34)n2)c2c(c1)oc1ccc(-c3cccc4sc5c(-n6c7ccccc7c7ccccc76)cccc5c34)cc12. The van der Waals surface area contributed by atoms with Crippen molar-refractivity contribution in [1.82, 2.24) is 19.5 Å². The molecule has 0 radical (unpaired) electrons. The van der Waals surface area contributed by atoms with E-state index in [1.54, 1.807) is 22.7 Å². The molecule has 16 aromatic rings. The molecule has 0 saturated carbocycles. The van der Waals surface area contributed by atoms with E-state index in [2.05, 4.69) is 205 Å². The summed E-state index contributed by atoms with van der Waals surface area (Å²) in [5, 5.41) is 12.0. The van der Waals surface area contributed by atoms with Crippen LogP contribution in [-0.2, 0) is 0 Å². The van der Waals surface area contributed by atoms with Crippen molar-refractivity contribution in [3.05, 3.63) is 206 Å². The highest BCUT2D eigenvalue weighted by Crippen LogP contribution is 2.46. The number of aromatic nitrogens is 4. The fourth-order valence-electron chi connectivity index (χ4n) is 11.1. The van der Waals surface area contributed by atoms with Crippen LogP contribution in [0.3, 0.4) is 0 Å². The first-order valence-electron chi connectivity index (χ1n) is 23.7. The zero-order valence-corrected chi connectivity index (χ0v) is 40.0. The second-order valence-corrected chi connectivity index (χ2v) is 21.4. The van der Waals surface area contributed by atoms with E-state index in [9.17, 15) is 0 Å². The maximum Gasteiger partial charge on any atom is 0.164 e. The van der Waals surface area contributed by atoms with Crippen molar-refractivity contribution in [2.24, 2.45) is 0 Å². The Labute approximate surface area is 416 Å². The topological polar surface area (TPSA) is 56.7 Å². The van der Waals surface area contributed by atoms with Crippen molar-refractivity contribution in [2.45, 2.75) is 0 Å². The molecule has 0 spiro atoms. The second kappa shape index (κ2) is 15.0. The van der Waals surface area contributed by atoms with E-state index >= 15 is 0 Å². The third kappa shape index (κ3) is 5.87. The summed E-state index contributed by atoms with van der Waals surface area (Å²) in [6.45, 7) is 0. The van der Waals surface area contributed by atoms with Crippen molar-refractivity contribution in [1.29, 1.82) is 0 Å². The van der Waals surface area contributed by atoms with Crippen molar-refractivity contribution in [3.63, 3.8) is 0 Å². The maximum atomic E-state index is 6.69. The molecule has 16 rings (SSSR count). The summed E-state index contributed by atoms with van der Waals surface area (Å²) in [6.07, 6.45) is 0. The number of nitrogens with zero attached hydrogens (tertiary/aromatic N) is 4. The Morgan fingerprint density at radius 1 is 0.324 bits per heavy atom. The van der Waals surface area contributed by atoms with Crippen LogP contribution in [0.1, 0.15) is 0 Å². The van der Waals surface area contributed by atoms with E-state index < -0.39 is 0 Å². The van der Waals surface area contributed by atoms with Gasteiger partial charge in [0.05, 0.1) is 21.4 Å². The summed E-state index contributed by atoms with van der Waals surface area (Å²) in [5.74, 6) is 1.85. The monoisotopic (exact) mass is 958 g/mol. The summed E-state index contributed by atoms with van der Waals surface area (Å²) in [4.78, 5) is 16.0. The molecule has 8 heteroatoms. The van der Waals surface area contributed by atoms with Crippen LogP contribution in [0.2, 0.25) is 0 Å². The van der Waals surface area contributed by atoms with Crippen molar-refractivity contribution >= 4 is 138 Å². The van der Waals surface area contributed by atoms with Gasteiger partial charge < -0.3 is 8.98 Å². The highest BCUT2D eigenvalue weighted by Gasteiger charge is 2.22. The fourth-order valence-corrected chi connectivity index (χ4v) is 14.6. The van der Waals surface area contributed by atoms with Crippen molar-refractivity contribution < 1.29 is 4.42 Å². The largest absolute Gasteiger partial charge is 0.456 e. The molecule has 0 amide bonds. The first kappa shape index (κ1) is 39.3. The maximum absolute atomic E-state index is 6.69. The Kier molecular flexibility index (Phi) is 8.30. The van der Waals surface area contributed by atoms with Crippen LogP contribution in [0.5, 0.6) is 0 Å². The van der Waals surface area contributed by atoms with Gasteiger partial charge in [-0.2, -0.15) is 0 Å². The predicted molar refractivity (Wildman–Crippen MR) is 302 cm³/mol. The van der Waals surface area contributed by atoms with Gasteiger partial charge in [-0.1, -0.05) is 140 Å². The molecule has 5 nitrogen and oxygen atoms in total. The normalized spacial score (nSPS) is 12.2. The van der Waals surface area contributed by atoms with Crippen LogP contribution in [0, 0.1) is 0 Å². The molecule has 330 valence electrons. The van der Waals surface area contributed by atoms with Gasteiger partial charge in [0.25, 0.3) is 0 Å². The highest BCUT2D eigenvalue weighted by atomic mass is 32.1. The van der Waals surface area contributed by atoms with Gasteiger partial charge in [0.2, 0.25) is 0 Å². The molecule has 0 aliphatic heterocycles. The number of fused-ring (bicyclic) bond motifs is 15. The molecule has 6 aromatic heterocycles. The number of benzene rings is 10. The number of rotatable bonds is 5. The van der Waals surface area contributed by atoms with Crippen molar-refractivity contribution in [2.75, 3.05) is 0 Å². The summed E-state index contributed by atoms with van der Waals surface area (Å²) in [5.41, 5.74) is 10.3. The Morgan fingerprint density at radius 3 is 1.55 bits per heavy atom. The summed E-state index contributed by atoms with van der Waals surface area (Å²) < 4.78 is 16.6. The van der Waals surface area contributed by atoms with Crippen LogP contribution in [-0.4, -0.2) is 19.5 Å². The average molecular weight is 959 g/mol. The summed E-state index contributed by atoms with van der Waals surface area (Å²) >= 11 is 5.46. The minimum absolute atomic E-state index is 0.597. The molecule has 0 aliphatic carbocycles. The Bertz CT molecular complexity index is 4730. The zero-order valence-electron chi connectivity index (χ0n) is 37.6. The molecule has 71 heavy (non-hydrogen) atoms. The zero-order chi connectivity index (χ0) is 46.3. The van der Waals surface area contributed by atoms with E-state index in [4.69, 9.17) is 19.4 Å². The number of thiophene rings is 3. The lowest BCUT2D eigenvalue weighted by atomic mass is 9.97. The van der Waals surface area contributed by atoms with Crippen LogP contribution < -0.4 is 0 Å². The van der Waals surface area contributed by atoms with E-state index in [0.29, 0.717) is 17.5 Å². The molecule has 0 fully saturated rings. The number of hydrogen-bond donors (Lipinski definition) is 0. The molecule has 10 aromatic carbocycles. The minimum atomic E-state index is 0.597. The van der Waals surface area contributed by atoms with Gasteiger partial charge in [-0.3, -0.25) is 0 Å². The van der Waals surface area contributed by atoms with Gasteiger partial charge in [-0.05, 0) is 77.9 Å². The Morgan fingerprint density at radius 2 is 0.859 bits per heavy atom. The van der Waals surface area contributed by atoms with Crippen LogP contribution in [0.15, 0.2) is 211 Å². The van der Waals surface area contributed by atoms with E-state index in [1.165, 1.54) is 93.6 Å². The van der Waals surface area contributed by atoms with E-state index in [0.717, 1.165) is 44.2 Å². The number of furan rings is 1. The second-order valence-electron chi connectivity index (χ2n) is 18.2. The smallest absolute Gasteiger partial charge is 0.164 e. The minimum Gasteiger partial charge on any atom is -0.456 e. The van der Waals surface area contributed by atoms with Crippen molar-refractivity contribution in [3.8, 4) is 51.0 Å². The van der Waals surface area contributed by atoms with Gasteiger partial charge >= 0.3 is 0 Å². The average Bonchev–Trinajstić information content (AvgIpc) is 4.25. The standard InChI is InChI=1S/C63H34N4OS3/c1-5-19-48-39(12-1)40-13-2-6-20-49(40)67(48)50-21-9-17-45-59-38(16-11-25-55(59)71-60(45)50)35-28-31-51-47(32-35)58-46(18-10-22-52(58)68-51)63-65-61(36-26-29-43-41-14-3-7-23-53(41)69-56(43)33-36)64-62(66-63)37-27-30-44-42-15-4-8-24-54(42)70-57(44)34-37/h1-34H. The molecule has 0 atom stereocenters. The van der Waals surface area contributed by atoms with Gasteiger partial charge in [-0.15, -0.1) is 34.0 Å². The van der Waals surface area contributed by atoms with Gasteiger partial charge in [0.15, 0.2) is 17.5 Å². The quantitative estimate of drug-likeness (QED) is 0.172. The number of hydrogen-bond acceptors (Lipinski definition) is 7. The molecule has 6 heterocycles. The summed E-state index contributed by atoms with van der Waals surface area (Å²) in [6, 6.07) is 74.2. The number of para-hydroxylation sites is 2. The van der Waals surface area contributed by atoms with Gasteiger partial charge in [-0.25, -0.2) is 15.0 Å². The first-order chi connectivity index (χ1) is 35.2. The predicted octanol–water partition coefficient (Wildman–Crippen LogP) is 18.6. The lowest BCUT2D eigenvalue weighted by molar-refractivity contribution is 0.669. The molecular formula is C63H34N4OS3. The van der Waals surface area contributed by atoms with E-state index in [1.807, 2.05) is 17.4 Å². The molecule has 0 aliphatic rings. The third-order valence-corrected chi connectivity index (χ3v) is 17.7. The van der Waals surface area contributed by atoms with Gasteiger partial charge in [0.1, 0.15) is 11.2 Å². The van der Waals surface area contributed by atoms with Crippen LogP contribution in [0.4, 0.5) is 0 Å². The third-order valence-electron chi connectivity index (χ3n) is 14.3. The molecule has 0 N–H and O–H groups in total. The Balaban J connectivity index is 0.887. The molecular weight excluding hydrogens is 925 g/mol. The van der Waals surface area contributed by atoms with Gasteiger partial charge in [0, 0.05) is 94.1 Å².